The van der Waals surface area contributed by atoms with Gasteiger partial charge in [0.1, 0.15) is 5.75 Å². The minimum atomic E-state index is 0.308. The van der Waals surface area contributed by atoms with E-state index in [9.17, 15) is 5.11 Å². The summed E-state index contributed by atoms with van der Waals surface area (Å²) in [6.45, 7) is 3.83. The Labute approximate surface area is 96.6 Å². The van der Waals surface area contributed by atoms with Crippen molar-refractivity contribution in [2.75, 3.05) is 13.7 Å². The lowest BCUT2D eigenvalue weighted by molar-refractivity contribution is 0.0814. The summed E-state index contributed by atoms with van der Waals surface area (Å²) in [5.41, 5.74) is 1.14. The van der Waals surface area contributed by atoms with Gasteiger partial charge < -0.3 is 9.84 Å². The summed E-state index contributed by atoms with van der Waals surface area (Å²) in [6, 6.07) is 7.92. The van der Waals surface area contributed by atoms with Crippen LogP contribution in [0, 0.1) is 0 Å². The first kappa shape index (κ1) is 11.4. The highest BCUT2D eigenvalue weighted by Gasteiger charge is 2.27. The minimum absolute atomic E-state index is 0.308. The Balaban J connectivity index is 1.99. The zero-order chi connectivity index (χ0) is 11.5. The third-order valence-electron chi connectivity index (χ3n) is 3.24. The number of nitrogens with zero attached hydrogens (tertiary/aromatic N) is 1. The molecule has 2 rings (SSSR count). The molecule has 0 saturated carbocycles. The molecule has 1 aliphatic heterocycles. The van der Waals surface area contributed by atoms with Crippen molar-refractivity contribution in [3.63, 3.8) is 0 Å². The summed E-state index contributed by atoms with van der Waals surface area (Å²) in [4.78, 5) is 2.30. The molecule has 1 aliphatic rings. The molecule has 16 heavy (non-hydrogen) atoms. The Kier molecular flexibility index (Phi) is 3.46. The summed E-state index contributed by atoms with van der Waals surface area (Å²) < 4.78 is 5.56. The number of rotatable bonds is 3. The standard InChI is InChI=1S/C13H19NO2/c1-10-13(6-7-16-10)14(2)9-11-4-3-5-12(15)8-11/h3-5,8,10,13,15H,6-7,9H2,1-2H3. The Morgan fingerprint density at radius 1 is 1.50 bits per heavy atom. The maximum Gasteiger partial charge on any atom is 0.115 e. The van der Waals surface area contributed by atoms with Crippen molar-refractivity contribution in [3.05, 3.63) is 29.8 Å². The van der Waals surface area contributed by atoms with Crippen molar-refractivity contribution in [1.29, 1.82) is 0 Å². The predicted molar refractivity (Wildman–Crippen MR) is 63.4 cm³/mol. The van der Waals surface area contributed by atoms with E-state index in [2.05, 4.69) is 18.9 Å². The Morgan fingerprint density at radius 2 is 2.31 bits per heavy atom. The molecule has 0 aromatic heterocycles. The van der Waals surface area contributed by atoms with Crippen molar-refractivity contribution >= 4 is 0 Å². The third kappa shape index (κ3) is 2.54. The summed E-state index contributed by atoms with van der Waals surface area (Å²) in [7, 11) is 2.11. The van der Waals surface area contributed by atoms with Gasteiger partial charge in [0.05, 0.1) is 6.10 Å². The molecule has 0 aliphatic carbocycles. The number of benzene rings is 1. The first-order chi connectivity index (χ1) is 7.66. The molecule has 1 N–H and O–H groups in total. The van der Waals surface area contributed by atoms with Gasteiger partial charge in [-0.25, -0.2) is 0 Å². The quantitative estimate of drug-likeness (QED) is 0.847. The van der Waals surface area contributed by atoms with Crippen molar-refractivity contribution in [2.45, 2.75) is 32.0 Å². The second-order valence-electron chi connectivity index (χ2n) is 4.52. The van der Waals surface area contributed by atoms with Crippen LogP contribution in [0.1, 0.15) is 18.9 Å². The molecular weight excluding hydrogens is 202 g/mol. The molecule has 1 aromatic rings. The van der Waals surface area contributed by atoms with E-state index in [1.165, 1.54) is 0 Å². The Bertz CT molecular complexity index is 354. The molecule has 0 radical (unpaired) electrons. The molecule has 3 heteroatoms. The summed E-state index contributed by atoms with van der Waals surface area (Å²) >= 11 is 0. The fourth-order valence-corrected chi connectivity index (χ4v) is 2.36. The number of phenols is 1. The summed E-state index contributed by atoms with van der Waals surface area (Å²) in [5, 5.41) is 9.40. The molecule has 3 nitrogen and oxygen atoms in total. The van der Waals surface area contributed by atoms with E-state index in [-0.39, 0.29) is 0 Å². The molecule has 0 amide bonds. The monoisotopic (exact) mass is 221 g/mol. The van der Waals surface area contributed by atoms with Crippen LogP contribution in [0.4, 0.5) is 0 Å². The molecule has 1 saturated heterocycles. The van der Waals surface area contributed by atoms with E-state index < -0.39 is 0 Å². The number of aromatic hydroxyl groups is 1. The van der Waals surface area contributed by atoms with Gasteiger partial charge in [0.15, 0.2) is 0 Å². The maximum atomic E-state index is 9.40. The lowest BCUT2D eigenvalue weighted by atomic mass is 10.1. The fourth-order valence-electron chi connectivity index (χ4n) is 2.36. The van der Waals surface area contributed by atoms with Gasteiger partial charge in [-0.05, 0) is 38.1 Å². The van der Waals surface area contributed by atoms with Gasteiger partial charge in [-0.15, -0.1) is 0 Å². The SMILES string of the molecule is CC1OCCC1N(C)Cc1cccc(O)c1. The molecule has 2 unspecified atom stereocenters. The first-order valence-electron chi connectivity index (χ1n) is 5.76. The van der Waals surface area contributed by atoms with Crippen molar-refractivity contribution in [3.8, 4) is 5.75 Å². The van der Waals surface area contributed by atoms with Crippen LogP contribution in [-0.2, 0) is 11.3 Å². The van der Waals surface area contributed by atoms with Crippen LogP contribution in [0.25, 0.3) is 0 Å². The smallest absolute Gasteiger partial charge is 0.115 e. The van der Waals surface area contributed by atoms with Crippen molar-refractivity contribution < 1.29 is 9.84 Å². The number of hydrogen-bond donors (Lipinski definition) is 1. The molecular formula is C13H19NO2. The van der Waals surface area contributed by atoms with Gasteiger partial charge in [-0.1, -0.05) is 12.1 Å². The Hall–Kier alpha value is -1.06. The Morgan fingerprint density at radius 3 is 2.94 bits per heavy atom. The number of phenolic OH excluding ortho intramolecular Hbond substituents is 1. The highest BCUT2D eigenvalue weighted by atomic mass is 16.5. The number of likely N-dealkylation sites (N-methyl/N-ethyl adjacent to an activating group) is 1. The minimum Gasteiger partial charge on any atom is -0.508 e. The van der Waals surface area contributed by atoms with Crippen molar-refractivity contribution in [1.82, 2.24) is 4.90 Å². The van der Waals surface area contributed by atoms with E-state index in [0.29, 0.717) is 17.9 Å². The predicted octanol–water partition coefficient (Wildman–Crippen LogP) is 2.00. The molecule has 88 valence electrons. The van der Waals surface area contributed by atoms with Gasteiger partial charge in [0.2, 0.25) is 0 Å². The van der Waals surface area contributed by atoms with Gasteiger partial charge in [0, 0.05) is 19.2 Å². The van der Waals surface area contributed by atoms with Crippen LogP contribution < -0.4 is 0 Å². The zero-order valence-corrected chi connectivity index (χ0v) is 9.89. The molecule has 0 bridgehead atoms. The first-order valence-corrected chi connectivity index (χ1v) is 5.76. The fraction of sp³-hybridized carbons (Fsp3) is 0.538. The number of hydrogen-bond acceptors (Lipinski definition) is 3. The van der Waals surface area contributed by atoms with Gasteiger partial charge in [-0.2, -0.15) is 0 Å². The van der Waals surface area contributed by atoms with Crippen molar-refractivity contribution in [2.24, 2.45) is 0 Å². The highest BCUT2D eigenvalue weighted by molar-refractivity contribution is 5.27. The largest absolute Gasteiger partial charge is 0.508 e. The lowest BCUT2D eigenvalue weighted by Crippen LogP contribution is -2.36. The average molecular weight is 221 g/mol. The van der Waals surface area contributed by atoms with E-state index in [1.54, 1.807) is 6.07 Å². The zero-order valence-electron chi connectivity index (χ0n) is 9.89. The van der Waals surface area contributed by atoms with E-state index in [1.807, 2.05) is 18.2 Å². The third-order valence-corrected chi connectivity index (χ3v) is 3.24. The molecule has 2 atom stereocenters. The normalized spacial score (nSPS) is 25.2. The summed E-state index contributed by atoms with van der Waals surface area (Å²) in [5.74, 6) is 0.335. The van der Waals surface area contributed by atoms with Crippen LogP contribution in [0.5, 0.6) is 5.75 Å². The van der Waals surface area contributed by atoms with Gasteiger partial charge >= 0.3 is 0 Å². The van der Waals surface area contributed by atoms with Crippen LogP contribution in [-0.4, -0.2) is 35.8 Å². The van der Waals surface area contributed by atoms with Crippen LogP contribution in [0.3, 0.4) is 0 Å². The van der Waals surface area contributed by atoms with Crippen LogP contribution >= 0.6 is 0 Å². The second kappa shape index (κ2) is 4.85. The van der Waals surface area contributed by atoms with E-state index in [4.69, 9.17) is 4.74 Å². The van der Waals surface area contributed by atoms with Gasteiger partial charge in [0.25, 0.3) is 0 Å². The summed E-state index contributed by atoms with van der Waals surface area (Å²) in [6.07, 6.45) is 1.40. The highest BCUT2D eigenvalue weighted by Crippen LogP contribution is 2.21. The lowest BCUT2D eigenvalue weighted by Gasteiger charge is -2.26. The van der Waals surface area contributed by atoms with E-state index >= 15 is 0 Å². The second-order valence-corrected chi connectivity index (χ2v) is 4.52. The molecule has 1 fully saturated rings. The molecule has 1 aromatic carbocycles. The van der Waals surface area contributed by atoms with E-state index in [0.717, 1.165) is 25.1 Å². The maximum absolute atomic E-state index is 9.40. The number of ether oxygens (including phenoxy) is 1. The topological polar surface area (TPSA) is 32.7 Å². The molecule has 0 spiro atoms. The van der Waals surface area contributed by atoms with Crippen LogP contribution in [0.2, 0.25) is 0 Å². The molecule has 1 heterocycles. The van der Waals surface area contributed by atoms with Crippen LogP contribution in [0.15, 0.2) is 24.3 Å². The van der Waals surface area contributed by atoms with Gasteiger partial charge in [-0.3, -0.25) is 4.90 Å². The average Bonchev–Trinajstić information content (AvgIpc) is 2.64.